The second-order valence-corrected chi connectivity index (χ2v) is 3.83. The molecule has 1 aliphatic rings. The van der Waals surface area contributed by atoms with E-state index >= 15 is 0 Å². The van der Waals surface area contributed by atoms with Crippen molar-refractivity contribution in [1.29, 1.82) is 0 Å². The number of carboxylic acids is 1. The molecule has 1 heterocycles. The van der Waals surface area contributed by atoms with E-state index in [1.165, 1.54) is 11.8 Å². The van der Waals surface area contributed by atoms with E-state index < -0.39 is 5.97 Å². The van der Waals surface area contributed by atoms with Crippen molar-refractivity contribution in [3.8, 4) is 0 Å². The van der Waals surface area contributed by atoms with Crippen molar-refractivity contribution in [2.45, 2.75) is 4.90 Å². The lowest BCUT2D eigenvalue weighted by atomic mass is 10.3. The first-order chi connectivity index (χ1) is 6.75. The highest BCUT2D eigenvalue weighted by Crippen LogP contribution is 2.37. The number of benzene rings is 1. The van der Waals surface area contributed by atoms with Crippen LogP contribution in [0.1, 0.15) is 0 Å². The lowest BCUT2D eigenvalue weighted by Gasteiger charge is -2.09. The lowest BCUT2D eigenvalue weighted by molar-refractivity contribution is -0.131. The standard InChI is InChI=1S/C10H7NO2S/c12-10(13)5-7-6-11-8-3-1-2-4-9(8)14-7/h1-6H,(H,12,13)/b7-5-. The molecule has 4 heteroatoms. The van der Waals surface area contributed by atoms with Crippen LogP contribution in [0.5, 0.6) is 0 Å². The second-order valence-electron chi connectivity index (χ2n) is 2.71. The molecule has 0 radical (unpaired) electrons. The number of hydrogen-bond acceptors (Lipinski definition) is 3. The average Bonchev–Trinajstić information content (AvgIpc) is 2.17. The zero-order valence-electron chi connectivity index (χ0n) is 7.18. The van der Waals surface area contributed by atoms with Gasteiger partial charge in [0, 0.05) is 22.1 Å². The lowest BCUT2D eigenvalue weighted by Crippen LogP contribution is -1.93. The Balaban J connectivity index is 2.34. The van der Waals surface area contributed by atoms with Crippen molar-refractivity contribution in [2.75, 3.05) is 0 Å². The summed E-state index contributed by atoms with van der Waals surface area (Å²) < 4.78 is 0. The van der Waals surface area contributed by atoms with Gasteiger partial charge in [-0.05, 0) is 12.1 Å². The Morgan fingerprint density at radius 3 is 3.00 bits per heavy atom. The SMILES string of the molecule is O=C(O)/C=C1/C=Nc2ccccc2S1. The van der Waals surface area contributed by atoms with Crippen molar-refractivity contribution >= 4 is 29.6 Å². The molecule has 1 aromatic rings. The molecule has 0 atom stereocenters. The molecule has 3 nitrogen and oxygen atoms in total. The summed E-state index contributed by atoms with van der Waals surface area (Å²) >= 11 is 1.42. The third-order valence-corrected chi connectivity index (χ3v) is 2.71. The van der Waals surface area contributed by atoms with Crippen LogP contribution in [0.4, 0.5) is 5.69 Å². The first-order valence-corrected chi connectivity index (χ1v) is 4.83. The second kappa shape index (κ2) is 3.67. The first kappa shape index (κ1) is 9.02. The van der Waals surface area contributed by atoms with Gasteiger partial charge in [-0.1, -0.05) is 23.9 Å². The molecular weight excluding hydrogens is 198 g/mol. The highest BCUT2D eigenvalue weighted by molar-refractivity contribution is 8.04. The number of para-hydroxylation sites is 1. The van der Waals surface area contributed by atoms with E-state index in [4.69, 9.17) is 5.11 Å². The van der Waals surface area contributed by atoms with Crippen LogP contribution in [0.2, 0.25) is 0 Å². The van der Waals surface area contributed by atoms with Crippen molar-refractivity contribution in [1.82, 2.24) is 0 Å². The van der Waals surface area contributed by atoms with Gasteiger partial charge in [-0.3, -0.25) is 4.99 Å². The summed E-state index contributed by atoms with van der Waals surface area (Å²) in [6.07, 6.45) is 2.73. The summed E-state index contributed by atoms with van der Waals surface area (Å²) in [4.78, 5) is 16.2. The number of aliphatic imine (C=N–C) groups is 1. The van der Waals surface area contributed by atoms with Gasteiger partial charge in [-0.25, -0.2) is 4.79 Å². The Morgan fingerprint density at radius 2 is 2.21 bits per heavy atom. The molecule has 2 rings (SSSR count). The quantitative estimate of drug-likeness (QED) is 0.716. The minimum absolute atomic E-state index is 0.649. The maximum Gasteiger partial charge on any atom is 0.329 e. The van der Waals surface area contributed by atoms with Crippen LogP contribution in [0, 0.1) is 0 Å². The van der Waals surface area contributed by atoms with E-state index in [9.17, 15) is 4.79 Å². The molecule has 0 bridgehead atoms. The Bertz CT molecular complexity index is 438. The van der Waals surface area contributed by atoms with Gasteiger partial charge in [-0.2, -0.15) is 0 Å². The van der Waals surface area contributed by atoms with Crippen LogP contribution < -0.4 is 0 Å². The van der Waals surface area contributed by atoms with Crippen LogP contribution in [0.25, 0.3) is 0 Å². The summed E-state index contributed by atoms with van der Waals surface area (Å²) in [6, 6.07) is 7.64. The summed E-state index contributed by atoms with van der Waals surface area (Å²) in [5.74, 6) is -0.946. The highest BCUT2D eigenvalue weighted by atomic mass is 32.2. The van der Waals surface area contributed by atoms with Gasteiger partial charge in [0.25, 0.3) is 0 Å². The Hall–Kier alpha value is -1.55. The molecule has 14 heavy (non-hydrogen) atoms. The molecule has 1 aromatic carbocycles. The van der Waals surface area contributed by atoms with Crippen LogP contribution in [-0.4, -0.2) is 17.3 Å². The smallest absolute Gasteiger partial charge is 0.329 e. The molecule has 0 unspecified atom stereocenters. The molecule has 0 saturated heterocycles. The molecular formula is C10H7NO2S. The van der Waals surface area contributed by atoms with Crippen LogP contribution >= 0.6 is 11.8 Å². The number of rotatable bonds is 1. The van der Waals surface area contributed by atoms with Gasteiger partial charge in [0.1, 0.15) is 0 Å². The van der Waals surface area contributed by atoms with Gasteiger partial charge in [0.2, 0.25) is 0 Å². The number of allylic oxidation sites excluding steroid dienone is 1. The largest absolute Gasteiger partial charge is 0.478 e. The highest BCUT2D eigenvalue weighted by Gasteiger charge is 2.09. The fraction of sp³-hybridized carbons (Fsp3) is 0. The maximum atomic E-state index is 10.4. The Kier molecular flexibility index (Phi) is 2.37. The predicted octanol–water partition coefficient (Wildman–Crippen LogP) is 2.46. The monoisotopic (exact) mass is 205 g/mol. The van der Waals surface area contributed by atoms with Gasteiger partial charge in [0.05, 0.1) is 5.69 Å². The number of fused-ring (bicyclic) bond motifs is 1. The predicted molar refractivity (Wildman–Crippen MR) is 56.2 cm³/mol. The number of carboxylic acid groups (broad SMARTS) is 1. The number of hydrogen-bond donors (Lipinski definition) is 1. The fourth-order valence-electron chi connectivity index (χ4n) is 1.13. The van der Waals surface area contributed by atoms with E-state index in [-0.39, 0.29) is 0 Å². The van der Waals surface area contributed by atoms with E-state index in [1.807, 2.05) is 24.3 Å². The minimum Gasteiger partial charge on any atom is -0.478 e. The zero-order valence-corrected chi connectivity index (χ0v) is 7.99. The molecule has 0 aliphatic carbocycles. The molecule has 0 amide bonds. The van der Waals surface area contributed by atoms with E-state index in [1.54, 1.807) is 6.21 Å². The normalized spacial score (nSPS) is 16.7. The summed E-state index contributed by atoms with van der Waals surface area (Å²) in [5.41, 5.74) is 0.889. The van der Waals surface area contributed by atoms with Gasteiger partial charge in [0.15, 0.2) is 0 Å². The van der Waals surface area contributed by atoms with Crippen LogP contribution in [0.15, 0.2) is 45.1 Å². The van der Waals surface area contributed by atoms with E-state index in [0.717, 1.165) is 16.7 Å². The van der Waals surface area contributed by atoms with E-state index in [2.05, 4.69) is 4.99 Å². The van der Waals surface area contributed by atoms with Crippen molar-refractivity contribution in [3.63, 3.8) is 0 Å². The molecule has 1 aliphatic heterocycles. The first-order valence-electron chi connectivity index (χ1n) is 4.01. The number of aliphatic carboxylic acids is 1. The summed E-state index contributed by atoms with van der Waals surface area (Å²) in [7, 11) is 0. The maximum absolute atomic E-state index is 10.4. The third-order valence-electron chi connectivity index (χ3n) is 1.69. The molecule has 0 saturated carbocycles. The van der Waals surface area contributed by atoms with Crippen molar-refractivity contribution in [2.24, 2.45) is 4.99 Å². The number of nitrogens with zero attached hydrogens (tertiary/aromatic N) is 1. The van der Waals surface area contributed by atoms with Gasteiger partial charge >= 0.3 is 5.97 Å². The number of carbonyl (C=O) groups is 1. The molecule has 0 fully saturated rings. The third kappa shape index (κ3) is 1.85. The Morgan fingerprint density at radius 1 is 1.43 bits per heavy atom. The summed E-state index contributed by atoms with van der Waals surface area (Å²) in [6.45, 7) is 0. The van der Waals surface area contributed by atoms with Crippen LogP contribution in [-0.2, 0) is 4.79 Å². The molecule has 0 aromatic heterocycles. The van der Waals surface area contributed by atoms with Crippen LogP contribution in [0.3, 0.4) is 0 Å². The van der Waals surface area contributed by atoms with Gasteiger partial charge < -0.3 is 5.11 Å². The average molecular weight is 205 g/mol. The Labute approximate surface area is 85.2 Å². The minimum atomic E-state index is -0.946. The molecule has 1 N–H and O–H groups in total. The number of thioether (sulfide) groups is 1. The van der Waals surface area contributed by atoms with Gasteiger partial charge in [-0.15, -0.1) is 0 Å². The molecule has 0 spiro atoms. The van der Waals surface area contributed by atoms with E-state index in [0.29, 0.717) is 4.91 Å². The van der Waals surface area contributed by atoms with Crippen molar-refractivity contribution < 1.29 is 9.90 Å². The molecule has 70 valence electrons. The van der Waals surface area contributed by atoms with Crippen molar-refractivity contribution in [3.05, 3.63) is 35.2 Å². The zero-order chi connectivity index (χ0) is 9.97. The fourth-order valence-corrected chi connectivity index (χ4v) is 2.02. The summed E-state index contributed by atoms with van der Waals surface area (Å²) in [5, 5.41) is 8.56. The topological polar surface area (TPSA) is 49.7 Å².